The van der Waals surface area contributed by atoms with Crippen LogP contribution in [0.4, 0.5) is 8.78 Å². The fraction of sp³-hybridized carbons (Fsp3) is 0.381. The van der Waals surface area contributed by atoms with Crippen molar-refractivity contribution >= 4 is 5.91 Å². The Morgan fingerprint density at radius 2 is 1.62 bits per heavy atom. The van der Waals surface area contributed by atoms with Crippen molar-refractivity contribution in [2.45, 2.75) is 30.8 Å². The van der Waals surface area contributed by atoms with E-state index in [0.717, 1.165) is 30.4 Å². The lowest BCUT2D eigenvalue weighted by Crippen LogP contribution is -2.54. The molecule has 2 aliphatic rings. The second kappa shape index (κ2) is 6.80. The lowest BCUT2D eigenvalue weighted by atomic mass is 9.63. The first kappa shape index (κ1) is 17.2. The van der Waals surface area contributed by atoms with E-state index < -0.39 is 5.41 Å². The normalized spacial score (nSPS) is 21.9. The van der Waals surface area contributed by atoms with Crippen LogP contribution in [0.1, 0.15) is 36.5 Å². The van der Waals surface area contributed by atoms with Gasteiger partial charge in [0.2, 0.25) is 5.91 Å². The molecule has 0 radical (unpaired) electrons. The summed E-state index contributed by atoms with van der Waals surface area (Å²) in [6.45, 7) is 1.44. The molecule has 1 heterocycles. The van der Waals surface area contributed by atoms with E-state index in [1.165, 1.54) is 24.3 Å². The van der Waals surface area contributed by atoms with Crippen LogP contribution in [0, 0.1) is 11.6 Å². The summed E-state index contributed by atoms with van der Waals surface area (Å²) >= 11 is 0. The highest BCUT2D eigenvalue weighted by molar-refractivity contribution is 5.89. The molecule has 1 amide bonds. The largest absolute Gasteiger partial charge is 0.370 e. The van der Waals surface area contributed by atoms with E-state index >= 15 is 0 Å². The monoisotopic (exact) mass is 357 g/mol. The molecule has 5 heteroatoms. The highest BCUT2D eigenvalue weighted by Gasteiger charge is 2.48. The average Bonchev–Trinajstić information content (AvgIpc) is 2.63. The van der Waals surface area contributed by atoms with Crippen LogP contribution in [0.15, 0.2) is 48.5 Å². The smallest absolute Gasteiger partial charge is 0.233 e. The van der Waals surface area contributed by atoms with Crippen molar-refractivity contribution in [1.82, 2.24) is 4.90 Å². The van der Waals surface area contributed by atoms with Crippen LogP contribution in [0.3, 0.4) is 0 Å². The van der Waals surface area contributed by atoms with Gasteiger partial charge in [-0.3, -0.25) is 4.79 Å². The quantitative estimate of drug-likeness (QED) is 0.831. The molecule has 1 atom stereocenters. The summed E-state index contributed by atoms with van der Waals surface area (Å²) in [6, 6.07) is 12.5. The van der Waals surface area contributed by atoms with Gasteiger partial charge in [0.15, 0.2) is 0 Å². The van der Waals surface area contributed by atoms with Crippen molar-refractivity contribution in [2.24, 2.45) is 0 Å². The van der Waals surface area contributed by atoms with Crippen molar-refractivity contribution in [3.05, 3.63) is 71.3 Å². The van der Waals surface area contributed by atoms with Crippen molar-refractivity contribution in [3.8, 4) is 0 Å². The number of hydrogen-bond acceptors (Lipinski definition) is 2. The van der Waals surface area contributed by atoms with E-state index in [4.69, 9.17) is 4.74 Å². The lowest BCUT2D eigenvalue weighted by molar-refractivity contribution is -0.148. The van der Waals surface area contributed by atoms with E-state index in [1.807, 2.05) is 4.90 Å². The first-order chi connectivity index (χ1) is 12.6. The maximum Gasteiger partial charge on any atom is 0.233 e. The molecule has 2 fully saturated rings. The number of amides is 1. The summed E-state index contributed by atoms with van der Waals surface area (Å²) in [5, 5.41) is 0. The fourth-order valence-corrected chi connectivity index (χ4v) is 3.94. The van der Waals surface area contributed by atoms with E-state index in [-0.39, 0.29) is 23.6 Å². The summed E-state index contributed by atoms with van der Waals surface area (Å²) in [4.78, 5) is 15.2. The predicted octanol–water partition coefficient (Wildman–Crippen LogP) is 3.99. The number of ether oxygens (including phenoxy) is 1. The Labute approximate surface area is 151 Å². The second-order valence-electron chi connectivity index (χ2n) is 7.10. The Hall–Kier alpha value is -2.27. The number of hydrogen-bond donors (Lipinski definition) is 0. The van der Waals surface area contributed by atoms with Crippen molar-refractivity contribution in [1.29, 1.82) is 0 Å². The Bertz CT molecular complexity index is 785. The van der Waals surface area contributed by atoms with E-state index in [2.05, 4.69) is 0 Å². The lowest BCUT2D eigenvalue weighted by Gasteiger charge is -2.46. The summed E-state index contributed by atoms with van der Waals surface area (Å²) in [6.07, 6.45) is 2.32. The predicted molar refractivity (Wildman–Crippen MR) is 93.6 cm³/mol. The van der Waals surface area contributed by atoms with Gasteiger partial charge in [0.25, 0.3) is 0 Å². The minimum Gasteiger partial charge on any atom is -0.370 e. The zero-order valence-corrected chi connectivity index (χ0v) is 14.5. The Morgan fingerprint density at radius 3 is 2.19 bits per heavy atom. The molecule has 136 valence electrons. The number of halogens is 2. The molecule has 1 aliphatic carbocycles. The van der Waals surface area contributed by atoms with Crippen LogP contribution >= 0.6 is 0 Å². The van der Waals surface area contributed by atoms with Gasteiger partial charge in [-0.25, -0.2) is 8.78 Å². The minimum absolute atomic E-state index is 0.0887. The van der Waals surface area contributed by atoms with Gasteiger partial charge < -0.3 is 9.64 Å². The zero-order chi connectivity index (χ0) is 18.1. The average molecular weight is 357 g/mol. The van der Waals surface area contributed by atoms with Crippen molar-refractivity contribution in [2.75, 3.05) is 19.7 Å². The number of carbonyl (C=O) groups excluding carboxylic acids is 1. The minimum atomic E-state index is -0.543. The van der Waals surface area contributed by atoms with Gasteiger partial charge >= 0.3 is 0 Å². The molecule has 3 nitrogen and oxygen atoms in total. The van der Waals surface area contributed by atoms with Crippen LogP contribution in [0.5, 0.6) is 0 Å². The Morgan fingerprint density at radius 1 is 1.00 bits per heavy atom. The molecule has 1 unspecified atom stereocenters. The highest BCUT2D eigenvalue weighted by atomic mass is 19.1. The van der Waals surface area contributed by atoms with Gasteiger partial charge in [0.1, 0.15) is 17.7 Å². The first-order valence-corrected chi connectivity index (χ1v) is 9.01. The van der Waals surface area contributed by atoms with Crippen LogP contribution in [0.25, 0.3) is 0 Å². The number of carbonyl (C=O) groups is 1. The van der Waals surface area contributed by atoms with Crippen LogP contribution in [-0.2, 0) is 14.9 Å². The zero-order valence-electron chi connectivity index (χ0n) is 14.5. The third kappa shape index (κ3) is 3.01. The topological polar surface area (TPSA) is 29.5 Å². The van der Waals surface area contributed by atoms with Crippen LogP contribution < -0.4 is 0 Å². The van der Waals surface area contributed by atoms with Crippen LogP contribution in [0.2, 0.25) is 0 Å². The Kier molecular flexibility index (Phi) is 4.49. The molecule has 0 bridgehead atoms. The number of nitrogens with zero attached hydrogens (tertiary/aromatic N) is 1. The van der Waals surface area contributed by atoms with Crippen molar-refractivity contribution in [3.63, 3.8) is 0 Å². The Balaban J connectivity index is 1.55. The molecular formula is C21H21F2NO2. The molecule has 0 N–H and O–H groups in total. The van der Waals surface area contributed by atoms with Crippen molar-refractivity contribution < 1.29 is 18.3 Å². The molecule has 2 aromatic rings. The fourth-order valence-electron chi connectivity index (χ4n) is 3.94. The number of morpholine rings is 1. The molecule has 26 heavy (non-hydrogen) atoms. The van der Waals surface area contributed by atoms with E-state index in [1.54, 1.807) is 24.3 Å². The molecular weight excluding hydrogens is 336 g/mol. The van der Waals surface area contributed by atoms with Gasteiger partial charge in [0, 0.05) is 6.54 Å². The highest BCUT2D eigenvalue weighted by Crippen LogP contribution is 2.45. The second-order valence-corrected chi connectivity index (χ2v) is 7.10. The maximum absolute atomic E-state index is 13.3. The summed E-state index contributed by atoms with van der Waals surface area (Å²) in [5.74, 6) is -0.494. The molecule has 0 spiro atoms. The summed E-state index contributed by atoms with van der Waals surface area (Å²) in [7, 11) is 0. The molecule has 4 rings (SSSR count). The number of benzene rings is 2. The summed E-state index contributed by atoms with van der Waals surface area (Å²) in [5.41, 5.74) is 1.21. The molecule has 1 aliphatic heterocycles. The standard InChI is InChI=1S/C21H21F2NO2/c22-17-6-2-15(3-7-17)19-14-24(12-13-26-19)20(25)21(10-1-11-21)16-4-8-18(23)9-5-16/h2-9,19H,1,10-14H2. The molecule has 2 aromatic carbocycles. The van der Waals surface area contributed by atoms with Crippen LogP contribution in [-0.4, -0.2) is 30.5 Å². The SMILES string of the molecule is O=C(N1CCOC(c2ccc(F)cc2)C1)C1(c2ccc(F)cc2)CCC1. The molecule has 1 saturated heterocycles. The molecule has 0 aromatic heterocycles. The van der Waals surface area contributed by atoms with Gasteiger partial charge in [0.05, 0.1) is 18.6 Å². The molecule has 1 saturated carbocycles. The summed E-state index contributed by atoms with van der Waals surface area (Å²) < 4.78 is 32.2. The maximum atomic E-state index is 13.3. The first-order valence-electron chi connectivity index (χ1n) is 9.01. The van der Waals surface area contributed by atoms with E-state index in [9.17, 15) is 13.6 Å². The van der Waals surface area contributed by atoms with Gasteiger partial charge in [-0.05, 0) is 48.2 Å². The van der Waals surface area contributed by atoms with Gasteiger partial charge in [-0.1, -0.05) is 30.7 Å². The van der Waals surface area contributed by atoms with Gasteiger partial charge in [-0.2, -0.15) is 0 Å². The van der Waals surface area contributed by atoms with Gasteiger partial charge in [-0.15, -0.1) is 0 Å². The number of rotatable bonds is 3. The third-order valence-corrected chi connectivity index (χ3v) is 5.61. The third-order valence-electron chi connectivity index (χ3n) is 5.61. The van der Waals surface area contributed by atoms with E-state index in [0.29, 0.717) is 19.7 Å².